The maximum absolute atomic E-state index is 13.6. The fourth-order valence-corrected chi connectivity index (χ4v) is 2.93. The van der Waals surface area contributed by atoms with Gasteiger partial charge >= 0.3 is 0 Å². The topological polar surface area (TPSA) is 49.4 Å². The molecule has 1 aliphatic heterocycles. The fourth-order valence-electron chi connectivity index (χ4n) is 2.93. The average molecular weight is 312 g/mol. The van der Waals surface area contributed by atoms with Crippen molar-refractivity contribution in [2.45, 2.75) is 25.9 Å². The van der Waals surface area contributed by atoms with Gasteiger partial charge in [0.25, 0.3) is 0 Å². The normalized spacial score (nSPS) is 16.1. The Hall–Kier alpha value is -2.69. The van der Waals surface area contributed by atoms with Gasteiger partial charge in [-0.1, -0.05) is 36.4 Å². The number of halogens is 1. The first kappa shape index (κ1) is 15.2. The smallest absolute Gasteiger partial charge is 0.243 e. The highest BCUT2D eigenvalue weighted by Gasteiger charge is 2.36. The van der Waals surface area contributed by atoms with Gasteiger partial charge in [-0.15, -0.1) is 0 Å². The van der Waals surface area contributed by atoms with Gasteiger partial charge in [0.05, 0.1) is 0 Å². The molecule has 4 nitrogen and oxygen atoms in total. The highest BCUT2D eigenvalue weighted by molar-refractivity contribution is 6.02. The number of nitrogens with zero attached hydrogens (tertiary/aromatic N) is 1. The van der Waals surface area contributed by atoms with Crippen molar-refractivity contribution in [3.63, 3.8) is 0 Å². The molecule has 0 aliphatic carbocycles. The second-order valence-electron chi connectivity index (χ2n) is 5.55. The molecule has 0 fully saturated rings. The molecule has 0 saturated carbocycles. The van der Waals surface area contributed by atoms with Crippen LogP contribution in [0.3, 0.4) is 0 Å². The van der Waals surface area contributed by atoms with Crippen molar-refractivity contribution >= 4 is 17.5 Å². The third kappa shape index (κ3) is 2.95. The van der Waals surface area contributed by atoms with E-state index >= 15 is 0 Å². The van der Waals surface area contributed by atoms with Crippen LogP contribution in [-0.2, 0) is 22.6 Å². The van der Waals surface area contributed by atoms with Crippen LogP contribution in [0, 0.1) is 5.82 Å². The Morgan fingerprint density at radius 1 is 1.17 bits per heavy atom. The lowest BCUT2D eigenvalue weighted by Gasteiger charge is -2.23. The van der Waals surface area contributed by atoms with Crippen molar-refractivity contribution in [2.24, 2.45) is 0 Å². The number of fused-ring (bicyclic) bond motifs is 1. The minimum absolute atomic E-state index is 0.101. The number of carbonyl (C=O) groups is 2. The van der Waals surface area contributed by atoms with E-state index in [1.54, 1.807) is 18.2 Å². The summed E-state index contributed by atoms with van der Waals surface area (Å²) in [5.41, 5.74) is 2.16. The lowest BCUT2D eigenvalue weighted by Crippen LogP contribution is -2.47. The summed E-state index contributed by atoms with van der Waals surface area (Å²) in [7, 11) is 0. The van der Waals surface area contributed by atoms with Gasteiger partial charge in [0.1, 0.15) is 11.9 Å². The molecule has 2 aromatic rings. The van der Waals surface area contributed by atoms with E-state index < -0.39 is 6.04 Å². The number of nitrogens with one attached hydrogen (secondary N) is 1. The van der Waals surface area contributed by atoms with Crippen LogP contribution in [0.25, 0.3) is 0 Å². The number of benzene rings is 2. The Morgan fingerprint density at radius 3 is 2.61 bits per heavy atom. The summed E-state index contributed by atoms with van der Waals surface area (Å²) in [6.07, 6.45) is 0.471. The molecule has 0 unspecified atom stereocenters. The first-order valence-electron chi connectivity index (χ1n) is 7.46. The summed E-state index contributed by atoms with van der Waals surface area (Å²) < 4.78 is 13.6. The van der Waals surface area contributed by atoms with Gasteiger partial charge in [0.2, 0.25) is 11.8 Å². The van der Waals surface area contributed by atoms with Crippen molar-refractivity contribution in [3.8, 4) is 0 Å². The predicted octanol–water partition coefficient (Wildman–Crippen LogP) is 2.42. The van der Waals surface area contributed by atoms with E-state index in [4.69, 9.17) is 0 Å². The monoisotopic (exact) mass is 312 g/mol. The Kier molecular flexibility index (Phi) is 4.10. The third-order valence-corrected chi connectivity index (χ3v) is 4.03. The molecule has 0 spiro atoms. The van der Waals surface area contributed by atoms with E-state index in [-0.39, 0.29) is 24.2 Å². The largest absolute Gasteiger partial charge is 0.350 e. The molecule has 0 radical (unpaired) electrons. The Balaban J connectivity index is 1.75. The van der Waals surface area contributed by atoms with Crippen LogP contribution in [0.5, 0.6) is 0 Å². The molecule has 0 aromatic heterocycles. The van der Waals surface area contributed by atoms with Gasteiger partial charge in [-0.2, -0.15) is 0 Å². The van der Waals surface area contributed by atoms with Crippen molar-refractivity contribution < 1.29 is 14.0 Å². The number of rotatable bonds is 3. The second kappa shape index (κ2) is 6.20. The minimum atomic E-state index is -0.586. The average Bonchev–Trinajstić information content (AvgIpc) is 2.93. The van der Waals surface area contributed by atoms with Crippen LogP contribution in [0.1, 0.15) is 18.1 Å². The molecular weight excluding hydrogens is 295 g/mol. The van der Waals surface area contributed by atoms with Gasteiger partial charge < -0.3 is 5.32 Å². The molecule has 1 N–H and O–H groups in total. The molecule has 23 heavy (non-hydrogen) atoms. The predicted molar refractivity (Wildman–Crippen MR) is 85.3 cm³/mol. The molecule has 1 heterocycles. The third-order valence-electron chi connectivity index (χ3n) is 4.03. The first-order valence-corrected chi connectivity index (χ1v) is 7.46. The highest BCUT2D eigenvalue weighted by Crippen LogP contribution is 2.32. The zero-order valence-corrected chi connectivity index (χ0v) is 12.8. The lowest BCUT2D eigenvalue weighted by molar-refractivity contribution is -0.125. The Morgan fingerprint density at radius 2 is 1.87 bits per heavy atom. The summed E-state index contributed by atoms with van der Waals surface area (Å²) in [6, 6.07) is 13.2. The summed E-state index contributed by atoms with van der Waals surface area (Å²) >= 11 is 0. The van der Waals surface area contributed by atoms with Crippen molar-refractivity contribution in [1.29, 1.82) is 0 Å². The van der Waals surface area contributed by atoms with Crippen LogP contribution in [0.2, 0.25) is 0 Å². The van der Waals surface area contributed by atoms with E-state index in [1.807, 2.05) is 24.3 Å². The van der Waals surface area contributed by atoms with Gasteiger partial charge in [0, 0.05) is 31.1 Å². The SMILES string of the molecule is CC(=O)N1c2ccccc2C[C@@H]1C(=O)NCc1ccccc1F. The molecule has 0 bridgehead atoms. The maximum Gasteiger partial charge on any atom is 0.243 e. The van der Waals surface area contributed by atoms with Gasteiger partial charge in [-0.3, -0.25) is 14.5 Å². The minimum Gasteiger partial charge on any atom is -0.350 e. The second-order valence-corrected chi connectivity index (χ2v) is 5.55. The van der Waals surface area contributed by atoms with E-state index in [9.17, 15) is 14.0 Å². The van der Waals surface area contributed by atoms with E-state index in [0.717, 1.165) is 11.3 Å². The molecule has 0 saturated heterocycles. The molecule has 1 aliphatic rings. The summed E-state index contributed by atoms with van der Waals surface area (Å²) in [5, 5.41) is 2.73. The standard InChI is InChI=1S/C18H17FN2O2/c1-12(22)21-16-9-5-3-6-13(16)10-17(21)18(23)20-11-14-7-2-4-8-15(14)19/h2-9,17H,10-11H2,1H3,(H,20,23)/t17-/m1/s1. The van der Waals surface area contributed by atoms with Crippen LogP contribution in [-0.4, -0.2) is 17.9 Å². The first-order chi connectivity index (χ1) is 11.1. The molecule has 1 atom stereocenters. The summed E-state index contributed by atoms with van der Waals surface area (Å²) in [5.74, 6) is -0.813. The molecule has 2 aromatic carbocycles. The molecule has 3 rings (SSSR count). The van der Waals surface area contributed by atoms with E-state index in [0.29, 0.717) is 12.0 Å². The Bertz CT molecular complexity index is 760. The number of amides is 2. The number of para-hydroxylation sites is 1. The quantitative estimate of drug-likeness (QED) is 0.946. The van der Waals surface area contributed by atoms with Gasteiger partial charge in [-0.05, 0) is 17.7 Å². The van der Waals surface area contributed by atoms with Crippen LogP contribution < -0.4 is 10.2 Å². The molecule has 5 heteroatoms. The zero-order chi connectivity index (χ0) is 16.4. The van der Waals surface area contributed by atoms with Crippen LogP contribution in [0.15, 0.2) is 48.5 Å². The number of hydrogen-bond acceptors (Lipinski definition) is 2. The van der Waals surface area contributed by atoms with E-state index in [1.165, 1.54) is 17.9 Å². The highest BCUT2D eigenvalue weighted by atomic mass is 19.1. The maximum atomic E-state index is 13.6. The molecular formula is C18H17FN2O2. The number of carbonyl (C=O) groups excluding carboxylic acids is 2. The van der Waals surface area contributed by atoms with Gasteiger partial charge in [0.15, 0.2) is 0 Å². The zero-order valence-electron chi connectivity index (χ0n) is 12.8. The Labute approximate surface area is 133 Å². The van der Waals surface area contributed by atoms with Crippen molar-refractivity contribution in [2.75, 3.05) is 4.90 Å². The van der Waals surface area contributed by atoms with Crippen molar-refractivity contribution in [1.82, 2.24) is 5.32 Å². The number of anilines is 1. The van der Waals surface area contributed by atoms with Crippen molar-refractivity contribution in [3.05, 3.63) is 65.5 Å². The molecule has 2 amide bonds. The fraction of sp³-hybridized carbons (Fsp3) is 0.222. The lowest BCUT2D eigenvalue weighted by atomic mass is 10.1. The number of hydrogen-bond donors (Lipinski definition) is 1. The van der Waals surface area contributed by atoms with Crippen LogP contribution in [0.4, 0.5) is 10.1 Å². The molecule has 118 valence electrons. The van der Waals surface area contributed by atoms with Crippen LogP contribution >= 0.6 is 0 Å². The summed E-state index contributed by atoms with van der Waals surface area (Å²) in [6.45, 7) is 1.54. The van der Waals surface area contributed by atoms with Gasteiger partial charge in [-0.25, -0.2) is 4.39 Å². The van der Waals surface area contributed by atoms with E-state index in [2.05, 4.69) is 5.32 Å². The summed E-state index contributed by atoms with van der Waals surface area (Å²) in [4.78, 5) is 25.9.